The molecule has 3 atom stereocenters. The molecule has 1 aromatic carbocycles. The molecule has 0 radical (unpaired) electrons. The molecule has 5 heteroatoms. The first-order valence-corrected chi connectivity index (χ1v) is 10.1. The summed E-state index contributed by atoms with van der Waals surface area (Å²) in [7, 11) is 0. The van der Waals surface area contributed by atoms with E-state index in [0.29, 0.717) is 5.92 Å². The monoisotopic (exact) mass is 367 g/mol. The Hall–Kier alpha value is -2.11. The van der Waals surface area contributed by atoms with Crippen LogP contribution in [-0.2, 0) is 10.2 Å². The summed E-state index contributed by atoms with van der Waals surface area (Å²) >= 11 is 1.80. The molecule has 26 heavy (non-hydrogen) atoms. The second-order valence-corrected chi connectivity index (χ2v) is 8.37. The molecule has 1 aliphatic carbocycles. The first-order valence-electron chi connectivity index (χ1n) is 9.26. The van der Waals surface area contributed by atoms with Crippen LogP contribution in [0.15, 0.2) is 41.8 Å². The van der Waals surface area contributed by atoms with Crippen LogP contribution in [0.4, 0.5) is 0 Å². The van der Waals surface area contributed by atoms with Crippen LogP contribution in [-0.4, -0.2) is 10.9 Å². The molecule has 0 fully saturated rings. The molecule has 0 saturated carbocycles. The molecule has 3 aromatic rings. The first-order chi connectivity index (χ1) is 12.6. The summed E-state index contributed by atoms with van der Waals surface area (Å²) in [5.41, 5.74) is 5.67. The third-order valence-corrected chi connectivity index (χ3v) is 7.19. The minimum absolute atomic E-state index is 0.0923. The Labute approximate surface area is 157 Å². The fraction of sp³-hybridized carbons (Fsp3) is 0.381. The van der Waals surface area contributed by atoms with Crippen molar-refractivity contribution in [2.45, 2.75) is 44.4 Å². The number of thiophene rings is 1. The Balaban J connectivity index is 2.01. The number of hydrazine groups is 1. The highest BCUT2D eigenvalue weighted by atomic mass is 32.1. The van der Waals surface area contributed by atoms with Crippen LogP contribution in [0, 0.1) is 5.92 Å². The van der Waals surface area contributed by atoms with Gasteiger partial charge in [-0.05, 0) is 48.8 Å². The molecule has 1 amide bonds. The zero-order valence-corrected chi connectivity index (χ0v) is 16.0. The molecule has 4 N–H and O–H groups in total. The lowest BCUT2D eigenvalue weighted by molar-refractivity contribution is -0.123. The van der Waals surface area contributed by atoms with Gasteiger partial charge in [0.15, 0.2) is 0 Å². The highest BCUT2D eigenvalue weighted by Gasteiger charge is 2.48. The van der Waals surface area contributed by atoms with E-state index in [-0.39, 0.29) is 17.2 Å². The predicted molar refractivity (Wildman–Crippen MR) is 107 cm³/mol. The number of H-pyrrole nitrogens is 1. The van der Waals surface area contributed by atoms with Gasteiger partial charge in [0, 0.05) is 26.9 Å². The molecule has 4 nitrogen and oxygen atoms in total. The molecule has 4 rings (SSSR count). The van der Waals surface area contributed by atoms with Gasteiger partial charge < -0.3 is 4.98 Å². The summed E-state index contributed by atoms with van der Waals surface area (Å²) in [6.45, 7) is 4.55. The van der Waals surface area contributed by atoms with Crippen molar-refractivity contribution in [3.63, 3.8) is 0 Å². The number of rotatable bonds is 4. The minimum Gasteiger partial charge on any atom is -0.357 e. The SMILES string of the molecule is CCCC1CC(C(=O)NN)c2c([nH]c3ccccc23)C1(C)c1cccs1. The highest BCUT2D eigenvalue weighted by molar-refractivity contribution is 7.10. The van der Waals surface area contributed by atoms with Crippen LogP contribution in [0.5, 0.6) is 0 Å². The number of aromatic nitrogens is 1. The minimum atomic E-state index is -0.212. The van der Waals surface area contributed by atoms with E-state index in [1.165, 1.54) is 10.6 Å². The van der Waals surface area contributed by atoms with E-state index >= 15 is 0 Å². The van der Waals surface area contributed by atoms with E-state index in [0.717, 1.165) is 35.7 Å². The number of fused-ring (bicyclic) bond motifs is 3. The molecule has 2 aromatic heterocycles. The Morgan fingerprint density at radius 3 is 2.85 bits per heavy atom. The summed E-state index contributed by atoms with van der Waals surface area (Å²) in [5, 5.41) is 3.28. The van der Waals surface area contributed by atoms with Gasteiger partial charge in [0.05, 0.1) is 5.92 Å². The normalized spacial score (nSPS) is 25.2. The van der Waals surface area contributed by atoms with E-state index in [1.54, 1.807) is 11.3 Å². The van der Waals surface area contributed by atoms with Gasteiger partial charge in [-0.3, -0.25) is 10.2 Å². The average molecular weight is 368 g/mol. The summed E-state index contributed by atoms with van der Waals surface area (Å²) in [6, 6.07) is 12.6. The molecule has 0 aliphatic heterocycles. The quantitative estimate of drug-likeness (QED) is 0.363. The Bertz CT molecular complexity index is 930. The molecule has 0 spiro atoms. The van der Waals surface area contributed by atoms with E-state index < -0.39 is 0 Å². The lowest BCUT2D eigenvalue weighted by atomic mass is 9.61. The number of aromatic amines is 1. The molecular weight excluding hydrogens is 342 g/mol. The van der Waals surface area contributed by atoms with Crippen LogP contribution in [0.25, 0.3) is 10.9 Å². The second kappa shape index (κ2) is 6.56. The van der Waals surface area contributed by atoms with Gasteiger partial charge in [0.25, 0.3) is 0 Å². The smallest absolute Gasteiger partial charge is 0.241 e. The Morgan fingerprint density at radius 2 is 2.15 bits per heavy atom. The van der Waals surface area contributed by atoms with Gasteiger partial charge >= 0.3 is 0 Å². The summed E-state index contributed by atoms with van der Waals surface area (Å²) in [5.74, 6) is 5.63. The maximum Gasteiger partial charge on any atom is 0.241 e. The summed E-state index contributed by atoms with van der Waals surface area (Å²) in [4.78, 5) is 17.7. The van der Waals surface area contributed by atoms with Gasteiger partial charge in [-0.25, -0.2) is 5.84 Å². The van der Waals surface area contributed by atoms with Crippen molar-refractivity contribution in [3.05, 3.63) is 57.9 Å². The second-order valence-electron chi connectivity index (χ2n) is 7.42. The van der Waals surface area contributed by atoms with E-state index in [9.17, 15) is 4.79 Å². The topological polar surface area (TPSA) is 70.9 Å². The number of amides is 1. The van der Waals surface area contributed by atoms with Crippen molar-refractivity contribution >= 4 is 28.1 Å². The third-order valence-electron chi connectivity index (χ3n) is 6.08. The number of benzene rings is 1. The first kappa shape index (κ1) is 17.3. The molecule has 0 bridgehead atoms. The van der Waals surface area contributed by atoms with Gasteiger partial charge in [-0.1, -0.05) is 37.6 Å². The van der Waals surface area contributed by atoms with E-state index in [4.69, 9.17) is 5.84 Å². The van der Waals surface area contributed by atoms with Crippen molar-refractivity contribution in [1.82, 2.24) is 10.4 Å². The fourth-order valence-electron chi connectivity index (χ4n) is 4.77. The molecule has 3 unspecified atom stereocenters. The zero-order chi connectivity index (χ0) is 18.3. The fourth-order valence-corrected chi connectivity index (χ4v) is 5.74. The number of nitrogens with one attached hydrogen (secondary N) is 2. The van der Waals surface area contributed by atoms with Crippen LogP contribution >= 0.6 is 11.3 Å². The summed E-state index contributed by atoms with van der Waals surface area (Å²) in [6.07, 6.45) is 3.00. The lowest BCUT2D eigenvalue weighted by Crippen LogP contribution is -2.44. The van der Waals surface area contributed by atoms with E-state index in [1.807, 2.05) is 12.1 Å². The van der Waals surface area contributed by atoms with Crippen LogP contribution < -0.4 is 11.3 Å². The van der Waals surface area contributed by atoms with Crippen LogP contribution in [0.3, 0.4) is 0 Å². The van der Waals surface area contributed by atoms with Gasteiger partial charge in [0.1, 0.15) is 0 Å². The maximum absolute atomic E-state index is 12.7. The number of hydrogen-bond acceptors (Lipinski definition) is 3. The van der Waals surface area contributed by atoms with Gasteiger partial charge in [-0.15, -0.1) is 11.3 Å². The van der Waals surface area contributed by atoms with Crippen molar-refractivity contribution < 1.29 is 4.79 Å². The number of para-hydroxylation sites is 1. The summed E-state index contributed by atoms with van der Waals surface area (Å²) < 4.78 is 0. The average Bonchev–Trinajstić information content (AvgIpc) is 3.32. The number of carbonyl (C=O) groups excluding carboxylic acids is 1. The van der Waals surface area contributed by atoms with Gasteiger partial charge in [0.2, 0.25) is 5.91 Å². The maximum atomic E-state index is 12.7. The molecule has 0 saturated heterocycles. The largest absolute Gasteiger partial charge is 0.357 e. The predicted octanol–water partition coefficient (Wildman–Crippen LogP) is 4.43. The van der Waals surface area contributed by atoms with Crippen LogP contribution in [0.2, 0.25) is 0 Å². The molecular formula is C21H25N3OS. The van der Waals surface area contributed by atoms with Crippen molar-refractivity contribution in [2.24, 2.45) is 11.8 Å². The van der Waals surface area contributed by atoms with Crippen molar-refractivity contribution in [2.75, 3.05) is 0 Å². The third kappa shape index (κ3) is 2.42. The molecule has 136 valence electrons. The van der Waals surface area contributed by atoms with Crippen molar-refractivity contribution in [1.29, 1.82) is 0 Å². The Morgan fingerprint density at radius 1 is 1.35 bits per heavy atom. The number of carbonyl (C=O) groups is 1. The standard InChI is InChI=1S/C21H25N3OS/c1-3-7-13-12-15(20(25)24-22)18-14-8-4-5-9-16(14)23-19(18)21(13,2)17-10-6-11-26-17/h4-6,8-11,13,15,23H,3,7,12,22H2,1-2H3,(H,24,25). The van der Waals surface area contributed by atoms with Gasteiger partial charge in [-0.2, -0.15) is 0 Å². The number of nitrogens with two attached hydrogens (primary N) is 1. The van der Waals surface area contributed by atoms with E-state index in [2.05, 4.69) is 53.9 Å². The number of hydrogen-bond donors (Lipinski definition) is 3. The van der Waals surface area contributed by atoms with Crippen molar-refractivity contribution in [3.8, 4) is 0 Å². The molecule has 2 heterocycles. The van der Waals surface area contributed by atoms with Crippen LogP contribution in [0.1, 0.15) is 55.2 Å². The molecule has 1 aliphatic rings. The Kier molecular flexibility index (Phi) is 4.37. The zero-order valence-electron chi connectivity index (χ0n) is 15.2. The highest BCUT2D eigenvalue weighted by Crippen LogP contribution is 2.54. The lowest BCUT2D eigenvalue weighted by Gasteiger charge is -2.43.